The molecular formula is C15H23NO2. The second-order valence-corrected chi connectivity index (χ2v) is 5.52. The van der Waals surface area contributed by atoms with Crippen LogP contribution < -0.4 is 0 Å². The summed E-state index contributed by atoms with van der Waals surface area (Å²) in [5.41, 5.74) is 2.93. The van der Waals surface area contributed by atoms with Crippen molar-refractivity contribution in [2.45, 2.75) is 39.7 Å². The topological polar surface area (TPSA) is 40.5 Å². The summed E-state index contributed by atoms with van der Waals surface area (Å²) >= 11 is 0. The molecule has 3 heteroatoms. The first-order valence-electron chi connectivity index (χ1n) is 6.21. The van der Waals surface area contributed by atoms with Crippen molar-refractivity contribution < 1.29 is 9.90 Å². The molecule has 0 fully saturated rings. The van der Waals surface area contributed by atoms with Crippen molar-refractivity contribution in [3.05, 3.63) is 34.9 Å². The minimum absolute atomic E-state index is 0.0253. The van der Waals surface area contributed by atoms with Crippen molar-refractivity contribution in [3.63, 3.8) is 0 Å². The van der Waals surface area contributed by atoms with E-state index < -0.39 is 5.54 Å². The van der Waals surface area contributed by atoms with E-state index in [1.54, 1.807) is 11.9 Å². The molecule has 1 N–H and O–H groups in total. The second kappa shape index (κ2) is 5.53. The molecule has 0 heterocycles. The predicted octanol–water partition coefficient (Wildman–Crippen LogP) is 2.08. The molecule has 1 amide bonds. The number of rotatable bonds is 4. The maximum atomic E-state index is 12.1. The number of aliphatic hydroxyl groups is 1. The van der Waals surface area contributed by atoms with Crippen LogP contribution in [-0.2, 0) is 11.2 Å². The largest absolute Gasteiger partial charge is 0.394 e. The summed E-state index contributed by atoms with van der Waals surface area (Å²) in [4.78, 5) is 13.7. The van der Waals surface area contributed by atoms with Gasteiger partial charge in [0.25, 0.3) is 0 Å². The van der Waals surface area contributed by atoms with Crippen LogP contribution in [0.25, 0.3) is 0 Å². The summed E-state index contributed by atoms with van der Waals surface area (Å²) in [6.45, 7) is 7.77. The fourth-order valence-electron chi connectivity index (χ4n) is 1.65. The van der Waals surface area contributed by atoms with E-state index >= 15 is 0 Å². The Balaban J connectivity index is 2.78. The third-order valence-corrected chi connectivity index (χ3v) is 3.60. The van der Waals surface area contributed by atoms with Gasteiger partial charge in [0.15, 0.2) is 0 Å². The molecule has 0 aliphatic rings. The molecule has 1 aromatic rings. The highest BCUT2D eigenvalue weighted by Crippen LogP contribution is 2.15. The lowest BCUT2D eigenvalue weighted by atomic mass is 10.0. The number of carbonyl (C=O) groups excluding carboxylic acids is 1. The van der Waals surface area contributed by atoms with E-state index in [2.05, 4.69) is 6.92 Å². The van der Waals surface area contributed by atoms with Crippen LogP contribution in [0.1, 0.15) is 30.5 Å². The van der Waals surface area contributed by atoms with Gasteiger partial charge in [-0.25, -0.2) is 0 Å². The highest BCUT2D eigenvalue weighted by molar-refractivity contribution is 5.79. The summed E-state index contributed by atoms with van der Waals surface area (Å²) in [6.07, 6.45) is 0.376. The standard InChI is InChI=1S/C15H23NO2/c1-11-6-7-13(8-12(11)2)9-14(18)16(5)15(3,4)10-17/h6-8,17H,9-10H2,1-5H3. The molecule has 0 aliphatic heterocycles. The fourth-order valence-corrected chi connectivity index (χ4v) is 1.65. The molecule has 1 aromatic carbocycles. The molecule has 0 spiro atoms. The molecule has 0 unspecified atom stereocenters. The number of nitrogens with zero attached hydrogens (tertiary/aromatic N) is 1. The van der Waals surface area contributed by atoms with Gasteiger partial charge in [0.05, 0.1) is 18.6 Å². The lowest BCUT2D eigenvalue weighted by Crippen LogP contribution is -2.48. The van der Waals surface area contributed by atoms with Gasteiger partial charge in [-0.05, 0) is 44.4 Å². The van der Waals surface area contributed by atoms with Crippen LogP contribution in [0.4, 0.5) is 0 Å². The second-order valence-electron chi connectivity index (χ2n) is 5.52. The Hall–Kier alpha value is -1.35. The summed E-state index contributed by atoms with van der Waals surface area (Å²) in [7, 11) is 1.74. The zero-order valence-corrected chi connectivity index (χ0v) is 11.9. The number of benzene rings is 1. The van der Waals surface area contributed by atoms with Crippen molar-refractivity contribution in [3.8, 4) is 0 Å². The first-order valence-corrected chi connectivity index (χ1v) is 6.21. The zero-order valence-electron chi connectivity index (χ0n) is 11.9. The molecule has 100 valence electrons. The molecule has 0 aromatic heterocycles. The van der Waals surface area contributed by atoms with Crippen LogP contribution in [0.2, 0.25) is 0 Å². The van der Waals surface area contributed by atoms with Crippen LogP contribution in [0, 0.1) is 13.8 Å². The number of likely N-dealkylation sites (N-methyl/N-ethyl adjacent to an activating group) is 1. The number of aliphatic hydroxyl groups excluding tert-OH is 1. The Bertz CT molecular complexity index is 438. The average Bonchev–Trinajstić information content (AvgIpc) is 2.32. The van der Waals surface area contributed by atoms with E-state index in [0.717, 1.165) is 5.56 Å². The molecule has 0 saturated heterocycles. The molecule has 0 radical (unpaired) electrons. The number of amides is 1. The normalized spacial score (nSPS) is 11.4. The Morgan fingerprint density at radius 1 is 1.28 bits per heavy atom. The monoisotopic (exact) mass is 249 g/mol. The fraction of sp³-hybridized carbons (Fsp3) is 0.533. The van der Waals surface area contributed by atoms with Crippen LogP contribution in [0.5, 0.6) is 0 Å². The predicted molar refractivity (Wildman–Crippen MR) is 73.6 cm³/mol. The SMILES string of the molecule is Cc1ccc(CC(=O)N(C)C(C)(C)CO)cc1C. The Morgan fingerprint density at radius 2 is 1.89 bits per heavy atom. The van der Waals surface area contributed by atoms with Gasteiger partial charge in [0.1, 0.15) is 0 Å². The molecular weight excluding hydrogens is 226 g/mol. The van der Waals surface area contributed by atoms with E-state index in [1.807, 2.05) is 39.0 Å². The summed E-state index contributed by atoms with van der Waals surface area (Å²) in [5, 5.41) is 9.27. The molecule has 0 saturated carbocycles. The van der Waals surface area contributed by atoms with E-state index in [4.69, 9.17) is 0 Å². The van der Waals surface area contributed by atoms with Gasteiger partial charge in [-0.2, -0.15) is 0 Å². The summed E-state index contributed by atoms with van der Waals surface area (Å²) < 4.78 is 0. The third-order valence-electron chi connectivity index (χ3n) is 3.60. The molecule has 0 aliphatic carbocycles. The van der Waals surface area contributed by atoms with Crippen molar-refractivity contribution in [2.75, 3.05) is 13.7 Å². The molecule has 18 heavy (non-hydrogen) atoms. The van der Waals surface area contributed by atoms with Crippen LogP contribution in [0.3, 0.4) is 0 Å². The molecule has 1 rings (SSSR count). The lowest BCUT2D eigenvalue weighted by molar-refractivity contribution is -0.135. The van der Waals surface area contributed by atoms with Gasteiger partial charge in [-0.15, -0.1) is 0 Å². The van der Waals surface area contributed by atoms with Crippen LogP contribution in [-0.4, -0.2) is 35.1 Å². The molecule has 0 atom stereocenters. The highest BCUT2D eigenvalue weighted by atomic mass is 16.3. The number of hydrogen-bond donors (Lipinski definition) is 1. The average molecular weight is 249 g/mol. The van der Waals surface area contributed by atoms with Gasteiger partial charge in [0.2, 0.25) is 5.91 Å². The highest BCUT2D eigenvalue weighted by Gasteiger charge is 2.26. The van der Waals surface area contributed by atoms with Crippen molar-refractivity contribution in [1.29, 1.82) is 0 Å². The first kappa shape index (κ1) is 14.7. The van der Waals surface area contributed by atoms with E-state index in [-0.39, 0.29) is 12.5 Å². The van der Waals surface area contributed by atoms with E-state index in [9.17, 15) is 9.90 Å². The van der Waals surface area contributed by atoms with Gasteiger partial charge < -0.3 is 10.0 Å². The van der Waals surface area contributed by atoms with Gasteiger partial charge in [-0.1, -0.05) is 18.2 Å². The van der Waals surface area contributed by atoms with Crippen LogP contribution in [0.15, 0.2) is 18.2 Å². The van der Waals surface area contributed by atoms with Crippen molar-refractivity contribution >= 4 is 5.91 Å². The smallest absolute Gasteiger partial charge is 0.227 e. The Kier molecular flexibility index (Phi) is 4.52. The molecule has 0 bridgehead atoms. The maximum Gasteiger partial charge on any atom is 0.227 e. The Morgan fingerprint density at radius 3 is 2.39 bits per heavy atom. The number of aryl methyl sites for hydroxylation is 2. The van der Waals surface area contributed by atoms with Crippen molar-refractivity contribution in [2.24, 2.45) is 0 Å². The zero-order chi connectivity index (χ0) is 13.9. The number of carbonyl (C=O) groups is 1. The van der Waals surface area contributed by atoms with E-state index in [0.29, 0.717) is 6.42 Å². The quantitative estimate of drug-likeness (QED) is 0.887. The lowest BCUT2D eigenvalue weighted by Gasteiger charge is -2.34. The summed E-state index contributed by atoms with van der Waals surface area (Å²) in [5.74, 6) is 0.0253. The van der Waals surface area contributed by atoms with Crippen molar-refractivity contribution in [1.82, 2.24) is 4.90 Å². The number of hydrogen-bond acceptors (Lipinski definition) is 2. The minimum atomic E-state index is -0.517. The van der Waals surface area contributed by atoms with Gasteiger partial charge in [0, 0.05) is 7.05 Å². The summed E-state index contributed by atoms with van der Waals surface area (Å²) in [6, 6.07) is 6.07. The third kappa shape index (κ3) is 3.33. The van der Waals surface area contributed by atoms with Gasteiger partial charge in [-0.3, -0.25) is 4.79 Å². The van der Waals surface area contributed by atoms with Gasteiger partial charge >= 0.3 is 0 Å². The van der Waals surface area contributed by atoms with E-state index in [1.165, 1.54) is 11.1 Å². The Labute approximate surface area is 109 Å². The maximum absolute atomic E-state index is 12.1. The van der Waals surface area contributed by atoms with Crippen LogP contribution >= 0.6 is 0 Å². The molecule has 3 nitrogen and oxygen atoms in total. The minimum Gasteiger partial charge on any atom is -0.394 e. The first-order chi connectivity index (χ1) is 8.27.